The number of hydrogen-bond acceptors (Lipinski definition) is 5. The van der Waals surface area contributed by atoms with Crippen molar-refractivity contribution in [1.82, 2.24) is 15.2 Å². The lowest BCUT2D eigenvalue weighted by Gasteiger charge is -2.07. The number of ether oxygens (including phenoxy) is 1. The summed E-state index contributed by atoms with van der Waals surface area (Å²) in [5.74, 6) is 0.316. The maximum atomic E-state index is 11.5. The van der Waals surface area contributed by atoms with Crippen LogP contribution in [-0.2, 0) is 11.4 Å². The van der Waals surface area contributed by atoms with Crippen LogP contribution in [0.2, 0.25) is 0 Å². The molecule has 0 saturated carbocycles. The van der Waals surface area contributed by atoms with Gasteiger partial charge >= 0.3 is 5.97 Å². The Hall–Kier alpha value is -2.58. The highest BCUT2D eigenvalue weighted by Gasteiger charge is 2.13. The van der Waals surface area contributed by atoms with E-state index in [0.29, 0.717) is 23.3 Å². The number of H-pyrrole nitrogens is 1. The molecule has 0 bridgehead atoms. The Balaban J connectivity index is 1.66. The Labute approximate surface area is 168 Å². The second-order valence-corrected chi connectivity index (χ2v) is 7.53. The van der Waals surface area contributed by atoms with Crippen molar-refractivity contribution in [3.8, 4) is 5.75 Å². The summed E-state index contributed by atoms with van der Waals surface area (Å²) in [6.45, 7) is 2.22. The maximum Gasteiger partial charge on any atom is 0.342 e. The monoisotopic (exact) mass is 445 g/mol. The Morgan fingerprint density at radius 2 is 1.93 bits per heavy atom. The highest BCUT2D eigenvalue weighted by molar-refractivity contribution is 9.10. The number of nitrogens with one attached hydrogen (secondary N) is 1. The molecule has 0 aliphatic heterocycles. The van der Waals surface area contributed by atoms with E-state index in [1.54, 1.807) is 13.0 Å². The van der Waals surface area contributed by atoms with E-state index in [2.05, 4.69) is 31.1 Å². The summed E-state index contributed by atoms with van der Waals surface area (Å²) in [4.78, 5) is 15.7. The number of thioether (sulfide) groups is 1. The molecule has 3 aromatic rings. The predicted molar refractivity (Wildman–Crippen MR) is 108 cm³/mol. The summed E-state index contributed by atoms with van der Waals surface area (Å²) >= 11 is 4.40. The number of carbonyl (C=O) groups is 1. The largest absolute Gasteiger partial charge is 0.489 e. The van der Waals surface area contributed by atoms with Crippen molar-refractivity contribution < 1.29 is 14.6 Å². The molecule has 0 saturated heterocycles. The predicted octanol–water partition coefficient (Wildman–Crippen LogP) is 4.67. The Morgan fingerprint density at radius 3 is 2.52 bits per heavy atom. The fraction of sp³-hybridized carbons (Fsp3) is 0.105. The third-order valence-corrected chi connectivity index (χ3v) is 4.89. The summed E-state index contributed by atoms with van der Waals surface area (Å²) in [5, 5.41) is 16.4. The number of nitrogens with zero attached hydrogens (tertiary/aromatic N) is 2. The van der Waals surface area contributed by atoms with Crippen molar-refractivity contribution in [3.05, 3.63) is 74.9 Å². The fourth-order valence-electron chi connectivity index (χ4n) is 2.16. The van der Waals surface area contributed by atoms with Crippen molar-refractivity contribution in [2.45, 2.75) is 18.7 Å². The van der Waals surface area contributed by atoms with Crippen LogP contribution in [0.1, 0.15) is 17.0 Å². The molecular formula is C19H16BrN3O3S. The number of carboxylic acids is 1. The number of rotatable bonds is 7. The van der Waals surface area contributed by atoms with Gasteiger partial charge in [0.1, 0.15) is 23.1 Å². The molecule has 27 heavy (non-hydrogen) atoms. The molecule has 0 atom stereocenters. The van der Waals surface area contributed by atoms with Crippen LogP contribution < -0.4 is 4.74 Å². The van der Waals surface area contributed by atoms with Crippen LogP contribution in [0.5, 0.6) is 5.75 Å². The average Bonchev–Trinajstić information content (AvgIpc) is 3.06. The first-order valence-corrected chi connectivity index (χ1v) is 9.60. The van der Waals surface area contributed by atoms with Crippen LogP contribution in [-0.4, -0.2) is 26.3 Å². The molecule has 138 valence electrons. The van der Waals surface area contributed by atoms with Crippen LogP contribution >= 0.6 is 27.7 Å². The molecule has 8 heteroatoms. The first-order chi connectivity index (χ1) is 13.0. The molecule has 1 aromatic heterocycles. The van der Waals surface area contributed by atoms with Crippen molar-refractivity contribution >= 4 is 39.7 Å². The lowest BCUT2D eigenvalue weighted by molar-refractivity contribution is -0.131. The Morgan fingerprint density at radius 1 is 1.22 bits per heavy atom. The number of aliphatic carboxylic acids is 1. The molecule has 0 unspecified atom stereocenters. The van der Waals surface area contributed by atoms with Gasteiger partial charge in [0, 0.05) is 4.47 Å². The smallest absolute Gasteiger partial charge is 0.342 e. The van der Waals surface area contributed by atoms with Crippen LogP contribution in [0.4, 0.5) is 0 Å². The summed E-state index contributed by atoms with van der Waals surface area (Å²) in [6, 6.07) is 15.1. The van der Waals surface area contributed by atoms with Gasteiger partial charge in [0.25, 0.3) is 0 Å². The minimum absolute atomic E-state index is 0.137. The highest BCUT2D eigenvalue weighted by Crippen LogP contribution is 2.26. The van der Waals surface area contributed by atoms with Gasteiger partial charge in [-0.05, 0) is 60.2 Å². The van der Waals surface area contributed by atoms with E-state index in [1.165, 1.54) is 0 Å². The normalized spacial score (nSPS) is 11.4. The Bertz CT molecular complexity index is 953. The van der Waals surface area contributed by atoms with E-state index in [4.69, 9.17) is 4.74 Å². The molecule has 0 aliphatic rings. The topological polar surface area (TPSA) is 88.1 Å². The molecule has 0 amide bonds. The van der Waals surface area contributed by atoms with Gasteiger partial charge in [0.15, 0.2) is 0 Å². The van der Waals surface area contributed by atoms with Gasteiger partial charge in [-0.3, -0.25) is 5.10 Å². The molecule has 3 rings (SSSR count). The number of halogens is 1. The number of hydrogen-bond donors (Lipinski definition) is 2. The van der Waals surface area contributed by atoms with Crippen LogP contribution in [0.25, 0.3) is 6.08 Å². The van der Waals surface area contributed by atoms with E-state index in [1.807, 2.05) is 48.5 Å². The Kier molecular flexibility index (Phi) is 6.31. The van der Waals surface area contributed by atoms with E-state index in [-0.39, 0.29) is 4.91 Å². The fourth-order valence-corrected chi connectivity index (χ4v) is 3.18. The minimum Gasteiger partial charge on any atom is -0.489 e. The number of aryl methyl sites for hydroxylation is 1. The van der Waals surface area contributed by atoms with Gasteiger partial charge in [0.05, 0.1) is 0 Å². The summed E-state index contributed by atoms with van der Waals surface area (Å²) < 4.78 is 6.78. The van der Waals surface area contributed by atoms with Gasteiger partial charge in [-0.2, -0.15) is 0 Å². The second kappa shape index (κ2) is 8.88. The molecule has 1 heterocycles. The van der Waals surface area contributed by atoms with Crippen LogP contribution in [0.3, 0.4) is 0 Å². The second-order valence-electron chi connectivity index (χ2n) is 5.60. The number of aromatic amines is 1. The molecule has 2 aromatic carbocycles. The van der Waals surface area contributed by atoms with Gasteiger partial charge < -0.3 is 9.84 Å². The minimum atomic E-state index is -1.03. The van der Waals surface area contributed by atoms with E-state index in [0.717, 1.165) is 27.4 Å². The molecule has 6 nitrogen and oxygen atoms in total. The summed E-state index contributed by atoms with van der Waals surface area (Å²) in [6.07, 6.45) is 1.58. The SMILES string of the molecule is Cc1nc(S/C(=C\c2ccc(OCc3ccc(Br)cc3)cc2)C(=O)O)n[nH]1. The molecule has 2 N–H and O–H groups in total. The quantitative estimate of drug-likeness (QED) is 0.405. The van der Waals surface area contributed by atoms with Crippen LogP contribution in [0, 0.1) is 6.92 Å². The molecular weight excluding hydrogens is 430 g/mol. The molecule has 0 spiro atoms. The third-order valence-electron chi connectivity index (χ3n) is 3.49. The number of benzene rings is 2. The molecule has 0 aliphatic carbocycles. The van der Waals surface area contributed by atoms with Gasteiger partial charge in [-0.25, -0.2) is 9.78 Å². The van der Waals surface area contributed by atoms with Crippen molar-refractivity contribution in [2.24, 2.45) is 0 Å². The first-order valence-electron chi connectivity index (χ1n) is 7.99. The number of carboxylic acid groups (broad SMARTS) is 1. The highest BCUT2D eigenvalue weighted by atomic mass is 79.9. The maximum absolute atomic E-state index is 11.5. The number of aromatic nitrogens is 3. The van der Waals surface area contributed by atoms with Crippen molar-refractivity contribution in [2.75, 3.05) is 0 Å². The molecule has 0 fully saturated rings. The van der Waals surface area contributed by atoms with E-state index in [9.17, 15) is 9.90 Å². The first kappa shape index (κ1) is 19.2. The van der Waals surface area contributed by atoms with Crippen LogP contribution in [0.15, 0.2) is 63.1 Å². The summed E-state index contributed by atoms with van der Waals surface area (Å²) in [7, 11) is 0. The lowest BCUT2D eigenvalue weighted by atomic mass is 10.2. The lowest BCUT2D eigenvalue weighted by Crippen LogP contribution is -1.97. The van der Waals surface area contributed by atoms with Gasteiger partial charge in [-0.1, -0.05) is 40.2 Å². The van der Waals surface area contributed by atoms with E-state index >= 15 is 0 Å². The van der Waals surface area contributed by atoms with Gasteiger partial charge in [0.2, 0.25) is 5.16 Å². The summed E-state index contributed by atoms with van der Waals surface area (Å²) in [5.41, 5.74) is 1.82. The van der Waals surface area contributed by atoms with Crippen molar-refractivity contribution in [3.63, 3.8) is 0 Å². The van der Waals surface area contributed by atoms with E-state index < -0.39 is 5.97 Å². The zero-order chi connectivity index (χ0) is 19.2. The van der Waals surface area contributed by atoms with Crippen molar-refractivity contribution in [1.29, 1.82) is 0 Å². The average molecular weight is 446 g/mol. The molecule has 0 radical (unpaired) electrons. The zero-order valence-corrected chi connectivity index (χ0v) is 16.8. The van der Waals surface area contributed by atoms with Gasteiger partial charge in [-0.15, -0.1) is 5.10 Å². The third kappa shape index (κ3) is 5.70. The zero-order valence-electron chi connectivity index (χ0n) is 14.3. The standard InChI is InChI=1S/C19H16BrN3O3S/c1-12-21-19(23-22-12)27-17(18(24)25)10-13-4-8-16(9-5-13)26-11-14-2-6-15(20)7-3-14/h2-10H,11H2,1H3,(H,24,25)(H,21,22,23)/b17-10-.